The quantitative estimate of drug-likeness (QED) is 0.313. The highest BCUT2D eigenvalue weighted by molar-refractivity contribution is 6.30. The fraction of sp³-hybridized carbons (Fsp3) is 0.179. The van der Waals surface area contributed by atoms with Gasteiger partial charge in [0, 0.05) is 46.7 Å². The summed E-state index contributed by atoms with van der Waals surface area (Å²) >= 11 is 5.96. The van der Waals surface area contributed by atoms with Gasteiger partial charge in [0.05, 0.1) is 44.9 Å². The second kappa shape index (κ2) is 11.3. The van der Waals surface area contributed by atoms with Crippen molar-refractivity contribution in [1.82, 2.24) is 4.57 Å². The molecular weight excluding hydrogens is 512 g/mol. The van der Waals surface area contributed by atoms with Crippen LogP contribution in [-0.4, -0.2) is 44.7 Å². The van der Waals surface area contributed by atoms with Crippen LogP contribution >= 0.6 is 11.6 Å². The largest absolute Gasteiger partial charge is 0.497 e. The molecule has 4 aromatic rings. The molecule has 9 nitrogen and oxygen atoms in total. The van der Waals surface area contributed by atoms with Gasteiger partial charge in [0.25, 0.3) is 0 Å². The van der Waals surface area contributed by atoms with Crippen LogP contribution in [0.15, 0.2) is 65.6 Å². The number of halogens is 1. The number of pyridine rings is 1. The van der Waals surface area contributed by atoms with Crippen molar-refractivity contribution in [1.29, 1.82) is 0 Å². The van der Waals surface area contributed by atoms with Gasteiger partial charge in [-0.1, -0.05) is 11.6 Å². The van der Waals surface area contributed by atoms with Crippen molar-refractivity contribution in [2.75, 3.05) is 33.8 Å². The number of anilines is 1. The number of rotatable bonds is 9. The van der Waals surface area contributed by atoms with Gasteiger partial charge in [-0.25, -0.2) is 0 Å². The minimum absolute atomic E-state index is 0.108. The Morgan fingerprint density at radius 1 is 0.842 bits per heavy atom. The molecule has 1 aromatic heterocycles. The van der Waals surface area contributed by atoms with Gasteiger partial charge in [-0.05, 0) is 30.3 Å². The number of benzene rings is 3. The highest BCUT2D eigenvalue weighted by Crippen LogP contribution is 2.32. The molecule has 0 saturated carbocycles. The topological polar surface area (TPSA) is 105 Å². The molecule has 0 saturated heterocycles. The van der Waals surface area contributed by atoms with Crippen LogP contribution in [0.4, 0.5) is 5.69 Å². The standard InChI is InChI=1S/C28H25ClN2O7/c1-35-19-9-18(10-20(11-19)36-2)30-26(32)15-31-14-22(27(33)16-5-7-17(29)8-6-16)28(34)21-12-24(37-3)25(38-4)13-23(21)31/h5-14H,15H2,1-4H3,(H,30,32). The Kier molecular flexibility index (Phi) is 7.87. The molecule has 196 valence electrons. The number of carbonyl (C=O) groups excluding carboxylic acids is 2. The number of ketones is 1. The lowest BCUT2D eigenvalue weighted by Crippen LogP contribution is -2.24. The van der Waals surface area contributed by atoms with Crippen LogP contribution < -0.4 is 29.7 Å². The summed E-state index contributed by atoms with van der Waals surface area (Å²) in [4.78, 5) is 39.9. The van der Waals surface area contributed by atoms with Gasteiger partial charge in [0.15, 0.2) is 17.3 Å². The number of aromatic nitrogens is 1. The normalized spacial score (nSPS) is 10.7. The predicted octanol–water partition coefficient (Wildman–Crippen LogP) is 4.56. The summed E-state index contributed by atoms with van der Waals surface area (Å²) in [5.41, 5.74) is 0.510. The molecule has 0 aliphatic rings. The molecule has 0 atom stereocenters. The lowest BCUT2D eigenvalue weighted by molar-refractivity contribution is -0.116. The van der Waals surface area contributed by atoms with Crippen molar-refractivity contribution < 1.29 is 28.5 Å². The van der Waals surface area contributed by atoms with Crippen LogP contribution in [-0.2, 0) is 11.3 Å². The SMILES string of the molecule is COc1cc(NC(=O)Cn2cc(C(=O)c3ccc(Cl)cc3)c(=O)c3cc(OC)c(OC)cc32)cc(OC)c1. The van der Waals surface area contributed by atoms with E-state index in [4.69, 9.17) is 30.5 Å². The highest BCUT2D eigenvalue weighted by Gasteiger charge is 2.20. The van der Waals surface area contributed by atoms with Crippen molar-refractivity contribution in [2.45, 2.75) is 6.54 Å². The fourth-order valence-corrected chi connectivity index (χ4v) is 4.13. The lowest BCUT2D eigenvalue weighted by atomic mass is 10.0. The fourth-order valence-electron chi connectivity index (χ4n) is 4.00. The molecule has 0 aliphatic heterocycles. The van der Waals surface area contributed by atoms with E-state index in [1.165, 1.54) is 57.4 Å². The van der Waals surface area contributed by atoms with Crippen LogP contribution in [0.5, 0.6) is 23.0 Å². The number of hydrogen-bond donors (Lipinski definition) is 1. The van der Waals surface area contributed by atoms with Crippen LogP contribution in [0.3, 0.4) is 0 Å². The average Bonchev–Trinajstić information content (AvgIpc) is 2.93. The monoisotopic (exact) mass is 536 g/mol. The third-order valence-corrected chi connectivity index (χ3v) is 6.14. The number of nitrogens with zero attached hydrogens (tertiary/aromatic N) is 1. The van der Waals surface area contributed by atoms with E-state index in [2.05, 4.69) is 5.32 Å². The zero-order valence-corrected chi connectivity index (χ0v) is 21.9. The molecule has 0 unspecified atom stereocenters. The van der Waals surface area contributed by atoms with Gasteiger partial charge in [0.1, 0.15) is 18.0 Å². The summed E-state index contributed by atoms with van der Waals surface area (Å²) in [5, 5.41) is 3.45. The van der Waals surface area contributed by atoms with E-state index in [0.29, 0.717) is 39.2 Å². The van der Waals surface area contributed by atoms with Crippen molar-refractivity contribution in [3.8, 4) is 23.0 Å². The Labute approximate surface area is 223 Å². The first kappa shape index (κ1) is 26.6. The third-order valence-electron chi connectivity index (χ3n) is 5.89. The molecule has 0 aliphatic carbocycles. The Morgan fingerprint density at radius 2 is 1.45 bits per heavy atom. The minimum atomic E-state index is -0.505. The molecular formula is C28H25ClN2O7. The summed E-state index contributed by atoms with van der Waals surface area (Å²) in [6.07, 6.45) is 1.37. The summed E-state index contributed by atoms with van der Waals surface area (Å²) in [6, 6.07) is 14.3. The van der Waals surface area contributed by atoms with Gasteiger partial charge >= 0.3 is 0 Å². The van der Waals surface area contributed by atoms with Crippen LogP contribution in [0.25, 0.3) is 10.9 Å². The first-order valence-corrected chi connectivity index (χ1v) is 11.8. The summed E-state index contributed by atoms with van der Waals surface area (Å²) in [5.74, 6) is 0.762. The molecule has 4 rings (SSSR count). The van der Waals surface area contributed by atoms with E-state index < -0.39 is 17.1 Å². The summed E-state index contributed by atoms with van der Waals surface area (Å²) in [7, 11) is 5.93. The van der Waals surface area contributed by atoms with E-state index in [-0.39, 0.29) is 23.1 Å². The molecule has 0 fully saturated rings. The molecule has 0 bridgehead atoms. The zero-order valence-electron chi connectivity index (χ0n) is 21.2. The van der Waals surface area contributed by atoms with Crippen LogP contribution in [0.1, 0.15) is 15.9 Å². The number of fused-ring (bicyclic) bond motifs is 1. The Morgan fingerprint density at radius 3 is 2.03 bits per heavy atom. The van der Waals surface area contributed by atoms with Gasteiger partial charge in [0.2, 0.25) is 11.3 Å². The van der Waals surface area contributed by atoms with Crippen molar-refractivity contribution in [3.63, 3.8) is 0 Å². The van der Waals surface area contributed by atoms with E-state index in [1.807, 2.05) is 0 Å². The molecule has 0 radical (unpaired) electrons. The van der Waals surface area contributed by atoms with E-state index in [0.717, 1.165) is 0 Å². The third kappa shape index (κ3) is 5.42. The van der Waals surface area contributed by atoms with Crippen LogP contribution in [0.2, 0.25) is 5.02 Å². The number of hydrogen-bond acceptors (Lipinski definition) is 7. The zero-order chi connectivity index (χ0) is 27.4. The number of nitrogens with one attached hydrogen (secondary N) is 1. The van der Waals surface area contributed by atoms with E-state index in [1.54, 1.807) is 36.4 Å². The maximum absolute atomic E-state index is 13.5. The van der Waals surface area contributed by atoms with Crippen LogP contribution in [0, 0.1) is 0 Å². The lowest BCUT2D eigenvalue weighted by Gasteiger charge is -2.16. The summed E-state index contributed by atoms with van der Waals surface area (Å²) < 4.78 is 22.8. The molecule has 0 spiro atoms. The second-order valence-corrected chi connectivity index (χ2v) is 8.65. The number of methoxy groups -OCH3 is 4. The number of carbonyl (C=O) groups is 2. The highest BCUT2D eigenvalue weighted by atomic mass is 35.5. The van der Waals surface area contributed by atoms with Crippen molar-refractivity contribution in [2.24, 2.45) is 0 Å². The molecule has 1 heterocycles. The molecule has 3 aromatic carbocycles. The molecule has 10 heteroatoms. The average molecular weight is 537 g/mol. The molecule has 1 amide bonds. The first-order chi connectivity index (χ1) is 18.3. The summed E-state index contributed by atoms with van der Waals surface area (Å²) in [6.45, 7) is -0.216. The van der Waals surface area contributed by atoms with Crippen molar-refractivity contribution >= 4 is 39.9 Å². The Balaban J connectivity index is 1.81. The van der Waals surface area contributed by atoms with E-state index in [9.17, 15) is 14.4 Å². The van der Waals surface area contributed by atoms with Gasteiger partial charge < -0.3 is 28.8 Å². The molecule has 38 heavy (non-hydrogen) atoms. The number of amides is 1. The maximum Gasteiger partial charge on any atom is 0.244 e. The number of ether oxygens (including phenoxy) is 4. The maximum atomic E-state index is 13.5. The van der Waals surface area contributed by atoms with Gasteiger partial charge in [-0.3, -0.25) is 14.4 Å². The Bertz CT molecular complexity index is 1560. The van der Waals surface area contributed by atoms with Crippen molar-refractivity contribution in [3.05, 3.63) is 87.2 Å². The smallest absolute Gasteiger partial charge is 0.244 e. The second-order valence-electron chi connectivity index (χ2n) is 8.21. The Hall–Kier alpha value is -4.50. The van der Waals surface area contributed by atoms with Gasteiger partial charge in [-0.2, -0.15) is 0 Å². The van der Waals surface area contributed by atoms with E-state index >= 15 is 0 Å². The predicted molar refractivity (Wildman–Crippen MR) is 144 cm³/mol. The minimum Gasteiger partial charge on any atom is -0.497 e. The first-order valence-electron chi connectivity index (χ1n) is 11.4. The van der Waals surface area contributed by atoms with Gasteiger partial charge in [-0.15, -0.1) is 0 Å². The molecule has 1 N–H and O–H groups in total.